The van der Waals surface area contributed by atoms with E-state index in [0.717, 1.165) is 25.9 Å². The highest BCUT2D eigenvalue weighted by Gasteiger charge is 2.35. The van der Waals surface area contributed by atoms with Crippen molar-refractivity contribution in [1.29, 1.82) is 0 Å². The van der Waals surface area contributed by atoms with Crippen LogP contribution in [0.5, 0.6) is 0 Å². The molecule has 1 aliphatic carbocycles. The lowest BCUT2D eigenvalue weighted by molar-refractivity contribution is 0.0789. The topological polar surface area (TPSA) is 42.4 Å². The number of nitrogens with zero attached hydrogens (tertiary/aromatic N) is 2. The fourth-order valence-corrected chi connectivity index (χ4v) is 3.31. The van der Waals surface area contributed by atoms with Crippen LogP contribution >= 0.6 is 0 Å². The van der Waals surface area contributed by atoms with Crippen LogP contribution in [0.25, 0.3) is 5.57 Å². The molecule has 2 bridgehead atoms. The summed E-state index contributed by atoms with van der Waals surface area (Å²) < 4.78 is 5.14. The number of allylic oxidation sites excluding steroid dienone is 1. The molecule has 0 spiro atoms. The van der Waals surface area contributed by atoms with Gasteiger partial charge >= 0.3 is 6.09 Å². The van der Waals surface area contributed by atoms with Gasteiger partial charge in [0.2, 0.25) is 0 Å². The van der Waals surface area contributed by atoms with Gasteiger partial charge in [-0.1, -0.05) is 12.1 Å². The number of amides is 1. The molecule has 1 aromatic rings. The van der Waals surface area contributed by atoms with E-state index in [9.17, 15) is 4.79 Å². The van der Waals surface area contributed by atoms with Gasteiger partial charge in [0.1, 0.15) is 0 Å². The van der Waals surface area contributed by atoms with Crippen molar-refractivity contribution in [2.45, 2.75) is 19.8 Å². The SMILES string of the molecule is CCOC(=O)N1CC2CC=C(c3cccnc3)C(C2)C1. The van der Waals surface area contributed by atoms with Crippen LogP contribution < -0.4 is 0 Å². The molecule has 2 atom stereocenters. The Kier molecular flexibility index (Phi) is 3.72. The van der Waals surface area contributed by atoms with Crippen LogP contribution in [0.2, 0.25) is 0 Å². The number of aromatic nitrogens is 1. The number of pyridine rings is 1. The number of piperidine rings is 1. The molecule has 4 nitrogen and oxygen atoms in total. The zero-order chi connectivity index (χ0) is 13.9. The molecule has 1 saturated heterocycles. The van der Waals surface area contributed by atoms with Crippen molar-refractivity contribution < 1.29 is 9.53 Å². The molecule has 2 heterocycles. The van der Waals surface area contributed by atoms with Crippen molar-refractivity contribution in [1.82, 2.24) is 9.88 Å². The van der Waals surface area contributed by atoms with Crippen molar-refractivity contribution in [3.8, 4) is 0 Å². The molecule has 20 heavy (non-hydrogen) atoms. The van der Waals surface area contributed by atoms with Crippen LogP contribution in [0.1, 0.15) is 25.3 Å². The highest BCUT2D eigenvalue weighted by atomic mass is 16.6. The molecule has 0 saturated carbocycles. The van der Waals surface area contributed by atoms with Gasteiger partial charge in [-0.05, 0) is 42.9 Å². The molecule has 2 unspecified atom stereocenters. The third-order valence-electron chi connectivity index (χ3n) is 4.17. The summed E-state index contributed by atoms with van der Waals surface area (Å²) in [6.07, 6.45) is 8.07. The van der Waals surface area contributed by atoms with Crippen LogP contribution in [0.15, 0.2) is 30.6 Å². The number of ether oxygens (including phenoxy) is 1. The molecule has 4 heteroatoms. The fourth-order valence-electron chi connectivity index (χ4n) is 3.31. The Balaban J connectivity index is 1.79. The minimum Gasteiger partial charge on any atom is -0.450 e. The van der Waals surface area contributed by atoms with Gasteiger partial charge in [-0.2, -0.15) is 0 Å². The Morgan fingerprint density at radius 2 is 2.40 bits per heavy atom. The van der Waals surface area contributed by atoms with Crippen molar-refractivity contribution >= 4 is 11.7 Å². The van der Waals surface area contributed by atoms with Crippen molar-refractivity contribution in [3.05, 3.63) is 36.2 Å². The van der Waals surface area contributed by atoms with Gasteiger partial charge < -0.3 is 9.64 Å². The molecule has 2 aliphatic rings. The lowest BCUT2D eigenvalue weighted by atomic mass is 9.76. The minimum atomic E-state index is -0.172. The minimum absolute atomic E-state index is 0.172. The number of hydrogen-bond acceptors (Lipinski definition) is 3. The van der Waals surface area contributed by atoms with Gasteiger partial charge in [-0.3, -0.25) is 4.98 Å². The number of fused-ring (bicyclic) bond motifs is 2. The first-order chi connectivity index (χ1) is 9.78. The first-order valence-corrected chi connectivity index (χ1v) is 7.30. The van der Waals surface area contributed by atoms with E-state index in [4.69, 9.17) is 4.74 Å². The molecular weight excluding hydrogens is 252 g/mol. The summed E-state index contributed by atoms with van der Waals surface area (Å²) in [5.41, 5.74) is 2.52. The Morgan fingerprint density at radius 3 is 3.15 bits per heavy atom. The smallest absolute Gasteiger partial charge is 0.409 e. The van der Waals surface area contributed by atoms with E-state index in [1.807, 2.05) is 24.1 Å². The van der Waals surface area contributed by atoms with Crippen LogP contribution in [0.3, 0.4) is 0 Å². The fraction of sp³-hybridized carbons (Fsp3) is 0.500. The number of hydrogen-bond donors (Lipinski definition) is 0. The lowest BCUT2D eigenvalue weighted by Crippen LogP contribution is -2.45. The normalized spacial score (nSPS) is 25.1. The largest absolute Gasteiger partial charge is 0.450 e. The van der Waals surface area contributed by atoms with Crippen LogP contribution in [0.4, 0.5) is 4.79 Å². The zero-order valence-corrected chi connectivity index (χ0v) is 11.8. The van der Waals surface area contributed by atoms with E-state index in [2.05, 4.69) is 17.1 Å². The second-order valence-corrected chi connectivity index (χ2v) is 5.54. The zero-order valence-electron chi connectivity index (χ0n) is 11.8. The molecule has 3 rings (SSSR count). The van der Waals surface area contributed by atoms with Gasteiger partial charge in [-0.15, -0.1) is 0 Å². The summed E-state index contributed by atoms with van der Waals surface area (Å²) in [4.78, 5) is 18.0. The molecule has 1 amide bonds. The maximum atomic E-state index is 11.9. The molecule has 106 valence electrons. The first-order valence-electron chi connectivity index (χ1n) is 7.30. The highest BCUT2D eigenvalue weighted by molar-refractivity contribution is 5.71. The van der Waals surface area contributed by atoms with E-state index >= 15 is 0 Å². The third-order valence-corrected chi connectivity index (χ3v) is 4.17. The number of likely N-dealkylation sites (tertiary alicyclic amines) is 1. The van der Waals surface area contributed by atoms with Gasteiger partial charge in [0.15, 0.2) is 0 Å². The molecule has 0 radical (unpaired) electrons. The summed E-state index contributed by atoms with van der Waals surface area (Å²) >= 11 is 0. The average molecular weight is 272 g/mol. The van der Waals surface area contributed by atoms with Crippen LogP contribution in [0, 0.1) is 11.8 Å². The summed E-state index contributed by atoms with van der Waals surface area (Å²) in [6.45, 7) is 3.88. The maximum absolute atomic E-state index is 11.9. The monoisotopic (exact) mass is 272 g/mol. The Morgan fingerprint density at radius 1 is 1.50 bits per heavy atom. The predicted molar refractivity (Wildman–Crippen MR) is 77.0 cm³/mol. The third kappa shape index (κ3) is 2.55. The van der Waals surface area contributed by atoms with Crippen molar-refractivity contribution in [2.75, 3.05) is 19.7 Å². The Hall–Kier alpha value is -1.84. The number of rotatable bonds is 2. The molecule has 0 N–H and O–H groups in total. The molecular formula is C16H20N2O2. The van der Waals surface area contributed by atoms with Crippen LogP contribution in [-0.2, 0) is 4.74 Å². The van der Waals surface area contributed by atoms with Crippen molar-refractivity contribution in [2.24, 2.45) is 11.8 Å². The second-order valence-electron chi connectivity index (χ2n) is 5.54. The summed E-state index contributed by atoms with van der Waals surface area (Å²) in [7, 11) is 0. The molecule has 1 aromatic heterocycles. The number of carbonyl (C=O) groups is 1. The van der Waals surface area contributed by atoms with Gasteiger partial charge in [-0.25, -0.2) is 4.79 Å². The molecule has 1 fully saturated rings. The average Bonchev–Trinajstić information content (AvgIpc) is 2.48. The second kappa shape index (κ2) is 5.65. The van der Waals surface area contributed by atoms with E-state index in [1.165, 1.54) is 11.1 Å². The summed E-state index contributed by atoms with van der Waals surface area (Å²) in [6, 6.07) is 4.07. The van der Waals surface area contributed by atoms with Gasteiger partial charge in [0, 0.05) is 31.4 Å². The van der Waals surface area contributed by atoms with E-state index in [0.29, 0.717) is 18.4 Å². The molecule has 0 aromatic carbocycles. The predicted octanol–water partition coefficient (Wildman–Crippen LogP) is 2.96. The van der Waals surface area contributed by atoms with Crippen LogP contribution in [-0.4, -0.2) is 35.7 Å². The van der Waals surface area contributed by atoms with Gasteiger partial charge in [0.05, 0.1) is 6.61 Å². The molecule has 1 aliphatic heterocycles. The standard InChI is InChI=1S/C16H20N2O2/c1-2-20-16(19)18-10-12-5-6-15(14(8-12)11-18)13-4-3-7-17-9-13/h3-4,6-7,9,12,14H,2,5,8,10-11H2,1H3. The van der Waals surface area contributed by atoms with E-state index in [-0.39, 0.29) is 6.09 Å². The summed E-state index contributed by atoms with van der Waals surface area (Å²) in [5.74, 6) is 0.981. The van der Waals surface area contributed by atoms with E-state index in [1.54, 1.807) is 6.20 Å². The first kappa shape index (κ1) is 13.2. The van der Waals surface area contributed by atoms with Crippen molar-refractivity contribution in [3.63, 3.8) is 0 Å². The summed E-state index contributed by atoms with van der Waals surface area (Å²) in [5, 5.41) is 0. The van der Waals surface area contributed by atoms with Gasteiger partial charge in [0.25, 0.3) is 0 Å². The number of carbonyl (C=O) groups excluding carboxylic acids is 1. The highest BCUT2D eigenvalue weighted by Crippen LogP contribution is 2.39. The Bertz CT molecular complexity index is 512. The maximum Gasteiger partial charge on any atom is 0.409 e. The Labute approximate surface area is 119 Å². The quantitative estimate of drug-likeness (QED) is 0.831. The lowest BCUT2D eigenvalue weighted by Gasteiger charge is -2.41. The van der Waals surface area contributed by atoms with E-state index < -0.39 is 0 Å².